The largest absolute Gasteiger partial charge is 0.454 e. The summed E-state index contributed by atoms with van der Waals surface area (Å²) in [7, 11) is 0. The van der Waals surface area contributed by atoms with Crippen molar-refractivity contribution in [3.63, 3.8) is 0 Å². The minimum absolute atomic E-state index is 0.109. The summed E-state index contributed by atoms with van der Waals surface area (Å²) in [6.07, 6.45) is 0. The lowest BCUT2D eigenvalue weighted by Crippen LogP contribution is -2.42. The van der Waals surface area contributed by atoms with Crippen molar-refractivity contribution in [3.8, 4) is 11.5 Å². The molecule has 2 N–H and O–H groups in total. The Bertz CT molecular complexity index is 377. The number of benzene rings is 1. The predicted octanol–water partition coefficient (Wildman–Crippen LogP) is 1.28. The maximum absolute atomic E-state index is 9.12. The topological polar surface area (TPSA) is 50.7 Å². The van der Waals surface area contributed by atoms with Gasteiger partial charge < -0.3 is 19.9 Å². The molecule has 0 fully saturated rings. The van der Waals surface area contributed by atoms with E-state index in [-0.39, 0.29) is 12.1 Å². The number of fused-ring (bicyclic) bond motifs is 1. The molecular weight excluding hydrogens is 206 g/mol. The van der Waals surface area contributed by atoms with Gasteiger partial charge in [0.05, 0.1) is 6.61 Å². The number of aliphatic hydroxyl groups is 1. The summed E-state index contributed by atoms with van der Waals surface area (Å²) in [5.74, 6) is 1.59. The molecule has 2 rings (SSSR count). The average Bonchev–Trinajstić information content (AvgIpc) is 2.73. The second-order valence-electron chi connectivity index (χ2n) is 4.58. The van der Waals surface area contributed by atoms with Crippen LogP contribution in [0.15, 0.2) is 18.2 Å². The van der Waals surface area contributed by atoms with E-state index >= 15 is 0 Å². The number of nitrogens with one attached hydrogen (secondary N) is 1. The number of hydrogen-bond acceptors (Lipinski definition) is 4. The Kier molecular flexibility index (Phi) is 3.03. The molecule has 4 nitrogen and oxygen atoms in total. The van der Waals surface area contributed by atoms with E-state index in [0.29, 0.717) is 13.3 Å². The number of aliphatic hydroxyl groups excluding tert-OH is 1. The first-order valence-electron chi connectivity index (χ1n) is 5.35. The highest BCUT2D eigenvalue weighted by molar-refractivity contribution is 5.44. The summed E-state index contributed by atoms with van der Waals surface area (Å²) in [6.45, 7) is 5.02. The van der Waals surface area contributed by atoms with Gasteiger partial charge in [0.25, 0.3) is 0 Å². The predicted molar refractivity (Wildman–Crippen MR) is 60.6 cm³/mol. The molecule has 0 amide bonds. The lowest BCUT2D eigenvalue weighted by molar-refractivity contribution is 0.174. The summed E-state index contributed by atoms with van der Waals surface area (Å²) in [5.41, 5.74) is 0.849. The average molecular weight is 223 g/mol. The zero-order valence-corrected chi connectivity index (χ0v) is 9.62. The van der Waals surface area contributed by atoms with Crippen molar-refractivity contribution in [2.75, 3.05) is 13.4 Å². The highest BCUT2D eigenvalue weighted by Crippen LogP contribution is 2.32. The highest BCUT2D eigenvalue weighted by atomic mass is 16.7. The molecule has 4 heteroatoms. The zero-order chi connectivity index (χ0) is 11.6. The Morgan fingerprint density at radius 2 is 2.06 bits per heavy atom. The highest BCUT2D eigenvalue weighted by Gasteiger charge is 2.17. The minimum atomic E-state index is -0.267. The fourth-order valence-corrected chi connectivity index (χ4v) is 1.45. The molecule has 0 atom stereocenters. The second kappa shape index (κ2) is 4.31. The van der Waals surface area contributed by atoms with E-state index in [0.717, 1.165) is 17.1 Å². The molecule has 16 heavy (non-hydrogen) atoms. The molecule has 0 aliphatic carbocycles. The van der Waals surface area contributed by atoms with E-state index in [1.54, 1.807) is 0 Å². The Morgan fingerprint density at radius 1 is 1.31 bits per heavy atom. The van der Waals surface area contributed by atoms with E-state index < -0.39 is 0 Å². The van der Waals surface area contributed by atoms with Crippen LogP contribution in [0.25, 0.3) is 0 Å². The molecule has 0 saturated carbocycles. The fraction of sp³-hybridized carbons (Fsp3) is 0.500. The van der Waals surface area contributed by atoms with Crippen molar-refractivity contribution >= 4 is 0 Å². The van der Waals surface area contributed by atoms with Gasteiger partial charge in [-0.05, 0) is 31.5 Å². The van der Waals surface area contributed by atoms with E-state index in [9.17, 15) is 0 Å². The van der Waals surface area contributed by atoms with Gasteiger partial charge in [-0.15, -0.1) is 0 Å². The third kappa shape index (κ3) is 2.46. The van der Waals surface area contributed by atoms with Gasteiger partial charge in [-0.1, -0.05) is 6.07 Å². The third-order valence-electron chi connectivity index (χ3n) is 2.60. The van der Waals surface area contributed by atoms with Crippen LogP contribution in [-0.2, 0) is 6.54 Å². The Labute approximate surface area is 95.2 Å². The van der Waals surface area contributed by atoms with E-state index in [1.807, 2.05) is 32.0 Å². The van der Waals surface area contributed by atoms with Gasteiger partial charge in [-0.25, -0.2) is 0 Å². The van der Waals surface area contributed by atoms with E-state index in [4.69, 9.17) is 14.6 Å². The molecule has 0 unspecified atom stereocenters. The van der Waals surface area contributed by atoms with Crippen LogP contribution in [0.3, 0.4) is 0 Å². The van der Waals surface area contributed by atoms with Crippen LogP contribution < -0.4 is 14.8 Å². The van der Waals surface area contributed by atoms with Crippen LogP contribution in [0.1, 0.15) is 19.4 Å². The van der Waals surface area contributed by atoms with Crippen LogP contribution in [0.2, 0.25) is 0 Å². The number of hydrogen-bond donors (Lipinski definition) is 2. The Balaban J connectivity index is 2.00. The van der Waals surface area contributed by atoms with Gasteiger partial charge in [0, 0.05) is 12.1 Å². The summed E-state index contributed by atoms with van der Waals surface area (Å²) in [6, 6.07) is 5.86. The van der Waals surface area contributed by atoms with Crippen molar-refractivity contribution in [2.45, 2.75) is 25.9 Å². The van der Waals surface area contributed by atoms with Crippen LogP contribution in [-0.4, -0.2) is 24.0 Å². The van der Waals surface area contributed by atoms with Crippen molar-refractivity contribution in [3.05, 3.63) is 23.8 Å². The second-order valence-corrected chi connectivity index (χ2v) is 4.58. The normalized spacial score (nSPS) is 14.2. The van der Waals surface area contributed by atoms with Gasteiger partial charge in [-0.3, -0.25) is 0 Å². The quantitative estimate of drug-likeness (QED) is 0.807. The molecule has 1 aliphatic rings. The van der Waals surface area contributed by atoms with Crippen molar-refractivity contribution in [1.29, 1.82) is 0 Å². The SMILES string of the molecule is CC(C)(CO)NCc1ccc2c(c1)OCO2. The van der Waals surface area contributed by atoms with Crippen LogP contribution in [0.5, 0.6) is 11.5 Å². The first-order chi connectivity index (χ1) is 7.61. The summed E-state index contributed by atoms with van der Waals surface area (Å²) < 4.78 is 10.5. The molecular formula is C12H17NO3. The zero-order valence-electron chi connectivity index (χ0n) is 9.62. The van der Waals surface area contributed by atoms with Gasteiger partial charge in [0.15, 0.2) is 11.5 Å². The molecule has 1 heterocycles. The fourth-order valence-electron chi connectivity index (χ4n) is 1.45. The molecule has 88 valence electrons. The molecule has 0 bridgehead atoms. The monoisotopic (exact) mass is 223 g/mol. The van der Waals surface area contributed by atoms with Crippen molar-refractivity contribution < 1.29 is 14.6 Å². The van der Waals surface area contributed by atoms with Crippen molar-refractivity contribution in [1.82, 2.24) is 5.32 Å². The molecule has 0 spiro atoms. The lowest BCUT2D eigenvalue weighted by Gasteiger charge is -2.23. The first kappa shape index (κ1) is 11.2. The van der Waals surface area contributed by atoms with Crippen LogP contribution in [0, 0.1) is 0 Å². The first-order valence-corrected chi connectivity index (χ1v) is 5.35. The van der Waals surface area contributed by atoms with E-state index in [2.05, 4.69) is 5.32 Å². The molecule has 1 aliphatic heterocycles. The van der Waals surface area contributed by atoms with E-state index in [1.165, 1.54) is 0 Å². The van der Waals surface area contributed by atoms with Crippen molar-refractivity contribution in [2.24, 2.45) is 0 Å². The number of ether oxygens (including phenoxy) is 2. The molecule has 0 saturated heterocycles. The molecule has 1 aromatic carbocycles. The summed E-state index contributed by atoms with van der Waals surface area (Å²) in [4.78, 5) is 0. The Hall–Kier alpha value is -1.26. The molecule has 1 aromatic rings. The Morgan fingerprint density at radius 3 is 2.81 bits per heavy atom. The van der Waals surface area contributed by atoms with Crippen LogP contribution in [0.4, 0.5) is 0 Å². The maximum atomic E-state index is 9.12. The summed E-state index contributed by atoms with van der Waals surface area (Å²) >= 11 is 0. The smallest absolute Gasteiger partial charge is 0.231 e. The van der Waals surface area contributed by atoms with Gasteiger partial charge in [0.1, 0.15) is 0 Å². The number of rotatable bonds is 4. The summed E-state index contributed by atoms with van der Waals surface area (Å²) in [5, 5.41) is 12.4. The molecule has 0 aromatic heterocycles. The molecule has 0 radical (unpaired) electrons. The van der Waals surface area contributed by atoms with Gasteiger partial charge in [0.2, 0.25) is 6.79 Å². The van der Waals surface area contributed by atoms with Gasteiger partial charge in [-0.2, -0.15) is 0 Å². The van der Waals surface area contributed by atoms with Gasteiger partial charge >= 0.3 is 0 Å². The lowest BCUT2D eigenvalue weighted by atomic mass is 10.1. The standard InChI is InChI=1S/C12H17NO3/c1-12(2,7-14)13-6-9-3-4-10-11(5-9)16-8-15-10/h3-5,13-14H,6-8H2,1-2H3. The maximum Gasteiger partial charge on any atom is 0.231 e. The van der Waals surface area contributed by atoms with Crippen LogP contribution >= 0.6 is 0 Å². The minimum Gasteiger partial charge on any atom is -0.454 e. The third-order valence-corrected chi connectivity index (χ3v) is 2.60.